The summed E-state index contributed by atoms with van der Waals surface area (Å²) in [6.07, 6.45) is -9.61. The summed E-state index contributed by atoms with van der Waals surface area (Å²) < 4.78 is 78.0. The van der Waals surface area contributed by atoms with Gasteiger partial charge in [0.2, 0.25) is 0 Å². The molecule has 212 valence electrons. The highest BCUT2D eigenvalue weighted by molar-refractivity contribution is 5.98. The number of phenolic OH excluding ortho intramolecular Hbond substituents is 1. The van der Waals surface area contributed by atoms with Gasteiger partial charge >= 0.3 is 18.3 Å². The first-order valence-electron chi connectivity index (χ1n) is 12.0. The van der Waals surface area contributed by atoms with E-state index < -0.39 is 53.6 Å². The first kappa shape index (κ1) is 29.2. The number of hydrogen-bond donors (Lipinski definition) is 3. The number of aliphatic carboxylic acids is 1. The number of nitrogens with one attached hydrogen (secondary N) is 1. The third kappa shape index (κ3) is 7.05. The standard InChI is InChI=1S/C30H21F6NO4/c31-29(32,33)22-11-8-18(9-12-22)17-4-6-19(7-5-17)25(16-27(39)40)37-28(41)24-15-21(10-13-26(24)38)20-2-1-3-23(14-20)30(34,35)36/h1-15,25,38H,16H2,(H,37,41)(H,39,40). The third-order valence-electron chi connectivity index (χ3n) is 6.31. The number of aromatic hydroxyl groups is 1. The van der Waals surface area contributed by atoms with Crippen molar-refractivity contribution in [3.8, 4) is 28.0 Å². The van der Waals surface area contributed by atoms with Crippen molar-refractivity contribution in [2.75, 3.05) is 0 Å². The zero-order valence-corrected chi connectivity index (χ0v) is 20.9. The predicted molar refractivity (Wildman–Crippen MR) is 138 cm³/mol. The zero-order chi connectivity index (χ0) is 29.9. The van der Waals surface area contributed by atoms with E-state index in [1.165, 1.54) is 48.5 Å². The number of halogens is 6. The SMILES string of the molecule is O=C(O)CC(NC(=O)c1cc(-c2cccc(C(F)(F)F)c2)ccc1O)c1ccc(-c2ccc(C(F)(F)F)cc2)cc1. The fourth-order valence-corrected chi connectivity index (χ4v) is 4.19. The molecule has 0 aliphatic rings. The van der Waals surface area contributed by atoms with Crippen molar-refractivity contribution >= 4 is 11.9 Å². The van der Waals surface area contributed by atoms with Gasteiger partial charge in [-0.1, -0.05) is 54.6 Å². The Hall–Kier alpha value is -4.80. The summed E-state index contributed by atoms with van der Waals surface area (Å²) in [5.74, 6) is -2.58. The molecular weight excluding hydrogens is 552 g/mol. The van der Waals surface area contributed by atoms with Crippen LogP contribution in [0.1, 0.15) is 39.5 Å². The second-order valence-corrected chi connectivity index (χ2v) is 9.13. The van der Waals surface area contributed by atoms with Crippen molar-refractivity contribution < 1.29 is 46.1 Å². The van der Waals surface area contributed by atoms with Crippen molar-refractivity contribution in [3.63, 3.8) is 0 Å². The van der Waals surface area contributed by atoms with Crippen LogP contribution in [0.3, 0.4) is 0 Å². The van der Waals surface area contributed by atoms with Gasteiger partial charge in [0.25, 0.3) is 5.91 Å². The molecule has 0 radical (unpaired) electrons. The summed E-state index contributed by atoms with van der Waals surface area (Å²) in [5.41, 5.74) is -0.210. The summed E-state index contributed by atoms with van der Waals surface area (Å²) in [5, 5.41) is 22.2. The van der Waals surface area contributed by atoms with E-state index in [-0.39, 0.29) is 16.7 Å². The smallest absolute Gasteiger partial charge is 0.416 e. The topological polar surface area (TPSA) is 86.6 Å². The van der Waals surface area contributed by atoms with Gasteiger partial charge in [-0.2, -0.15) is 26.3 Å². The molecule has 0 bridgehead atoms. The monoisotopic (exact) mass is 573 g/mol. The number of amides is 1. The minimum Gasteiger partial charge on any atom is -0.507 e. The lowest BCUT2D eigenvalue weighted by atomic mass is 9.97. The second-order valence-electron chi connectivity index (χ2n) is 9.13. The molecule has 0 aliphatic heterocycles. The van der Waals surface area contributed by atoms with E-state index in [0.29, 0.717) is 16.7 Å². The molecule has 0 aromatic heterocycles. The number of hydrogen-bond acceptors (Lipinski definition) is 3. The van der Waals surface area contributed by atoms with Crippen LogP contribution in [-0.2, 0) is 17.1 Å². The highest BCUT2D eigenvalue weighted by atomic mass is 19.4. The van der Waals surface area contributed by atoms with Crippen LogP contribution in [0, 0.1) is 0 Å². The van der Waals surface area contributed by atoms with Crippen LogP contribution >= 0.6 is 0 Å². The van der Waals surface area contributed by atoms with E-state index in [1.54, 1.807) is 12.1 Å². The molecule has 4 aromatic rings. The molecular formula is C30H21F6NO4. The molecule has 0 fully saturated rings. The number of rotatable bonds is 7. The molecule has 4 aromatic carbocycles. The van der Waals surface area contributed by atoms with Crippen LogP contribution < -0.4 is 5.32 Å². The largest absolute Gasteiger partial charge is 0.507 e. The lowest BCUT2D eigenvalue weighted by Crippen LogP contribution is -2.30. The summed E-state index contributed by atoms with van der Waals surface area (Å²) >= 11 is 0. The first-order valence-corrected chi connectivity index (χ1v) is 12.0. The van der Waals surface area contributed by atoms with Gasteiger partial charge in [0.15, 0.2) is 0 Å². The van der Waals surface area contributed by atoms with Crippen molar-refractivity contribution in [2.45, 2.75) is 24.8 Å². The normalized spacial score (nSPS) is 12.5. The highest BCUT2D eigenvalue weighted by Crippen LogP contribution is 2.34. The molecule has 0 saturated carbocycles. The van der Waals surface area contributed by atoms with Gasteiger partial charge in [0.1, 0.15) is 5.75 Å². The molecule has 1 amide bonds. The van der Waals surface area contributed by atoms with E-state index >= 15 is 0 Å². The first-order chi connectivity index (χ1) is 19.2. The Morgan fingerprint density at radius 2 is 1.22 bits per heavy atom. The maximum absolute atomic E-state index is 13.2. The van der Waals surface area contributed by atoms with E-state index in [9.17, 15) is 46.1 Å². The molecule has 4 rings (SSSR count). The number of alkyl halides is 6. The van der Waals surface area contributed by atoms with E-state index in [2.05, 4.69) is 5.32 Å². The van der Waals surface area contributed by atoms with Crippen LogP contribution in [0.4, 0.5) is 26.3 Å². The molecule has 0 aliphatic carbocycles. The number of carbonyl (C=O) groups excluding carboxylic acids is 1. The van der Waals surface area contributed by atoms with Crippen LogP contribution in [0.15, 0.2) is 91.0 Å². The van der Waals surface area contributed by atoms with Crippen molar-refractivity contribution in [3.05, 3.63) is 113 Å². The number of benzene rings is 4. The average Bonchev–Trinajstić information content (AvgIpc) is 2.92. The van der Waals surface area contributed by atoms with E-state index in [1.807, 2.05) is 0 Å². The van der Waals surface area contributed by atoms with Gasteiger partial charge in [-0.25, -0.2) is 0 Å². The summed E-state index contributed by atoms with van der Waals surface area (Å²) in [6.45, 7) is 0. The maximum Gasteiger partial charge on any atom is 0.416 e. The van der Waals surface area contributed by atoms with Crippen LogP contribution in [0.25, 0.3) is 22.3 Å². The summed E-state index contributed by atoms with van der Waals surface area (Å²) in [4.78, 5) is 24.6. The Bertz CT molecular complexity index is 1560. The molecule has 0 saturated heterocycles. The van der Waals surface area contributed by atoms with Crippen molar-refractivity contribution in [1.82, 2.24) is 5.32 Å². The molecule has 1 unspecified atom stereocenters. The predicted octanol–water partition coefficient (Wildman–Crippen LogP) is 7.71. The van der Waals surface area contributed by atoms with Gasteiger partial charge < -0.3 is 15.5 Å². The number of carboxylic acids is 1. The second kappa shape index (κ2) is 11.4. The van der Waals surface area contributed by atoms with Crippen LogP contribution in [0.2, 0.25) is 0 Å². The van der Waals surface area contributed by atoms with Gasteiger partial charge in [0, 0.05) is 0 Å². The summed E-state index contributed by atoms with van der Waals surface area (Å²) in [7, 11) is 0. The Morgan fingerprint density at radius 1 is 0.683 bits per heavy atom. The highest BCUT2D eigenvalue weighted by Gasteiger charge is 2.31. The third-order valence-corrected chi connectivity index (χ3v) is 6.31. The molecule has 0 spiro atoms. The number of carboxylic acid groups (broad SMARTS) is 1. The Balaban J connectivity index is 1.58. The Labute approximate surface area is 229 Å². The van der Waals surface area contributed by atoms with Gasteiger partial charge in [-0.15, -0.1) is 0 Å². The Kier molecular flexibility index (Phi) is 8.09. The van der Waals surface area contributed by atoms with E-state index in [4.69, 9.17) is 0 Å². The molecule has 41 heavy (non-hydrogen) atoms. The fourth-order valence-electron chi connectivity index (χ4n) is 4.19. The minimum absolute atomic E-state index is 0.148. The van der Waals surface area contributed by atoms with Crippen molar-refractivity contribution in [1.29, 1.82) is 0 Å². The van der Waals surface area contributed by atoms with Gasteiger partial charge in [-0.05, 0) is 64.2 Å². The average molecular weight is 573 g/mol. The van der Waals surface area contributed by atoms with Crippen LogP contribution in [-0.4, -0.2) is 22.1 Å². The lowest BCUT2D eigenvalue weighted by Gasteiger charge is -2.19. The molecule has 1 atom stereocenters. The number of phenols is 1. The lowest BCUT2D eigenvalue weighted by molar-refractivity contribution is -0.138. The summed E-state index contributed by atoms with van der Waals surface area (Å²) in [6, 6.07) is 17.7. The fraction of sp³-hybridized carbons (Fsp3) is 0.133. The van der Waals surface area contributed by atoms with Crippen molar-refractivity contribution in [2.24, 2.45) is 0 Å². The molecule has 0 heterocycles. The molecule has 11 heteroatoms. The quantitative estimate of drug-likeness (QED) is 0.198. The molecule has 5 nitrogen and oxygen atoms in total. The Morgan fingerprint density at radius 3 is 1.78 bits per heavy atom. The maximum atomic E-state index is 13.2. The van der Waals surface area contributed by atoms with E-state index in [0.717, 1.165) is 30.3 Å². The zero-order valence-electron chi connectivity index (χ0n) is 20.9. The van der Waals surface area contributed by atoms with Gasteiger partial charge in [0.05, 0.1) is 29.2 Å². The van der Waals surface area contributed by atoms with Crippen LogP contribution in [0.5, 0.6) is 5.75 Å². The minimum atomic E-state index is -4.58. The number of carbonyl (C=O) groups is 2. The van der Waals surface area contributed by atoms with Gasteiger partial charge in [-0.3, -0.25) is 9.59 Å². The molecule has 3 N–H and O–H groups in total.